The van der Waals surface area contributed by atoms with E-state index in [0.29, 0.717) is 6.61 Å². The van der Waals surface area contributed by atoms with Crippen LogP contribution >= 0.6 is 0 Å². The maximum Gasteiger partial charge on any atom is 0.330 e. The molecule has 1 unspecified atom stereocenters. The highest BCUT2D eigenvalue weighted by molar-refractivity contribution is 5.42. The zero-order chi connectivity index (χ0) is 17.3. The standard InChI is InChI=1S/C19H24N2O3/c1-4-24-12-21-16(11-17(22)20-18(21)23)14-9-10-19(2,3)15-8-6-5-7-13(14)15/h5-8,11,14H,4,9-10,12H2,1-3H3,(H,20,22,23). The van der Waals surface area contributed by atoms with E-state index in [4.69, 9.17) is 4.74 Å². The maximum atomic E-state index is 12.3. The van der Waals surface area contributed by atoms with Crippen LogP contribution in [0.15, 0.2) is 39.9 Å². The lowest BCUT2D eigenvalue weighted by Gasteiger charge is -2.37. The SMILES string of the molecule is CCOCn1c(C2CCC(C)(C)c3ccccc32)cc(=O)[nH]c1=O. The molecule has 1 N–H and O–H groups in total. The summed E-state index contributed by atoms with van der Waals surface area (Å²) in [4.78, 5) is 26.5. The van der Waals surface area contributed by atoms with Crippen LogP contribution in [0, 0.1) is 0 Å². The molecule has 128 valence electrons. The Morgan fingerprint density at radius 3 is 2.79 bits per heavy atom. The van der Waals surface area contributed by atoms with E-state index in [1.54, 1.807) is 10.6 Å². The third-order valence-corrected chi connectivity index (χ3v) is 4.97. The zero-order valence-corrected chi connectivity index (χ0v) is 14.5. The van der Waals surface area contributed by atoms with Crippen LogP contribution in [0.2, 0.25) is 0 Å². The number of hydrogen-bond acceptors (Lipinski definition) is 3. The molecule has 1 heterocycles. The number of ether oxygens (including phenoxy) is 1. The molecule has 0 radical (unpaired) electrons. The molecule has 0 bridgehead atoms. The van der Waals surface area contributed by atoms with E-state index in [0.717, 1.165) is 18.5 Å². The van der Waals surface area contributed by atoms with Crippen molar-refractivity contribution in [2.24, 2.45) is 0 Å². The lowest BCUT2D eigenvalue weighted by molar-refractivity contribution is 0.0813. The second kappa shape index (κ2) is 6.40. The van der Waals surface area contributed by atoms with Gasteiger partial charge in [-0.25, -0.2) is 4.79 Å². The first-order chi connectivity index (χ1) is 11.4. The Morgan fingerprint density at radius 2 is 2.04 bits per heavy atom. The van der Waals surface area contributed by atoms with E-state index in [9.17, 15) is 9.59 Å². The number of nitrogens with zero attached hydrogens (tertiary/aromatic N) is 1. The Balaban J connectivity index is 2.16. The van der Waals surface area contributed by atoms with Gasteiger partial charge in [0.2, 0.25) is 0 Å². The molecule has 1 atom stereocenters. The normalized spacial score (nSPS) is 19.0. The maximum absolute atomic E-state index is 12.3. The molecule has 1 aliphatic rings. The molecule has 0 saturated heterocycles. The van der Waals surface area contributed by atoms with E-state index in [-0.39, 0.29) is 23.6 Å². The number of H-pyrrole nitrogens is 1. The summed E-state index contributed by atoms with van der Waals surface area (Å²) in [5.74, 6) is 0.0321. The van der Waals surface area contributed by atoms with Gasteiger partial charge in [0.1, 0.15) is 6.73 Å². The number of fused-ring (bicyclic) bond motifs is 1. The Bertz CT molecular complexity index is 848. The fourth-order valence-electron chi connectivity index (χ4n) is 3.66. The fourth-order valence-corrected chi connectivity index (χ4v) is 3.66. The highest BCUT2D eigenvalue weighted by Crippen LogP contribution is 2.44. The predicted molar refractivity (Wildman–Crippen MR) is 93.5 cm³/mol. The average molecular weight is 328 g/mol. The summed E-state index contributed by atoms with van der Waals surface area (Å²) in [6, 6.07) is 9.87. The third kappa shape index (κ3) is 2.96. The minimum absolute atomic E-state index is 0.0321. The van der Waals surface area contributed by atoms with Gasteiger partial charge in [0.05, 0.1) is 0 Å². The molecule has 5 heteroatoms. The van der Waals surface area contributed by atoms with Crippen molar-refractivity contribution in [3.05, 3.63) is 68.0 Å². The van der Waals surface area contributed by atoms with Crippen LogP contribution in [0.4, 0.5) is 0 Å². The van der Waals surface area contributed by atoms with E-state index in [1.165, 1.54) is 11.1 Å². The van der Waals surface area contributed by atoms with Crippen molar-refractivity contribution in [3.63, 3.8) is 0 Å². The summed E-state index contributed by atoms with van der Waals surface area (Å²) in [7, 11) is 0. The molecule has 0 spiro atoms. The van der Waals surface area contributed by atoms with Gasteiger partial charge in [-0.3, -0.25) is 14.3 Å². The van der Waals surface area contributed by atoms with Crippen molar-refractivity contribution in [2.75, 3.05) is 6.61 Å². The Labute approximate surface area is 141 Å². The molecule has 1 aromatic carbocycles. The number of rotatable bonds is 4. The second-order valence-electron chi connectivity index (χ2n) is 6.98. The number of nitrogens with one attached hydrogen (secondary N) is 1. The third-order valence-electron chi connectivity index (χ3n) is 4.97. The van der Waals surface area contributed by atoms with Gasteiger partial charge >= 0.3 is 5.69 Å². The van der Waals surface area contributed by atoms with Gasteiger partial charge in [0.15, 0.2) is 0 Å². The molecule has 5 nitrogen and oxygen atoms in total. The molecule has 3 rings (SSSR count). The van der Waals surface area contributed by atoms with Crippen molar-refractivity contribution in [3.8, 4) is 0 Å². The van der Waals surface area contributed by atoms with E-state index >= 15 is 0 Å². The smallest absolute Gasteiger partial charge is 0.330 e. The van der Waals surface area contributed by atoms with Gasteiger partial charge in [-0.1, -0.05) is 38.1 Å². The first-order valence-corrected chi connectivity index (χ1v) is 8.45. The summed E-state index contributed by atoms with van der Waals surface area (Å²) in [5, 5.41) is 0. The van der Waals surface area contributed by atoms with Crippen LogP contribution in [-0.4, -0.2) is 16.2 Å². The monoisotopic (exact) mass is 328 g/mol. The summed E-state index contributed by atoms with van der Waals surface area (Å²) < 4.78 is 6.99. The quantitative estimate of drug-likeness (QED) is 0.938. The molecule has 0 amide bonds. The van der Waals surface area contributed by atoms with Crippen molar-refractivity contribution in [1.29, 1.82) is 0 Å². The summed E-state index contributed by atoms with van der Waals surface area (Å²) in [6.07, 6.45) is 1.91. The Morgan fingerprint density at radius 1 is 1.29 bits per heavy atom. The molecule has 2 aromatic rings. The molecule has 0 fully saturated rings. The van der Waals surface area contributed by atoms with E-state index in [1.807, 2.05) is 19.1 Å². The van der Waals surface area contributed by atoms with Crippen molar-refractivity contribution < 1.29 is 4.74 Å². The molecular formula is C19H24N2O3. The lowest BCUT2D eigenvalue weighted by Crippen LogP contribution is -2.36. The minimum atomic E-state index is -0.409. The van der Waals surface area contributed by atoms with Crippen LogP contribution in [-0.2, 0) is 16.9 Å². The van der Waals surface area contributed by atoms with Gasteiger partial charge in [-0.15, -0.1) is 0 Å². The minimum Gasteiger partial charge on any atom is -0.361 e. The van der Waals surface area contributed by atoms with Crippen LogP contribution in [0.3, 0.4) is 0 Å². The topological polar surface area (TPSA) is 64.1 Å². The van der Waals surface area contributed by atoms with Crippen molar-refractivity contribution in [2.45, 2.75) is 51.7 Å². The van der Waals surface area contributed by atoms with E-state index in [2.05, 4.69) is 31.0 Å². The summed E-state index contributed by atoms with van der Waals surface area (Å²) >= 11 is 0. The van der Waals surface area contributed by atoms with E-state index < -0.39 is 5.69 Å². The number of benzene rings is 1. The average Bonchev–Trinajstić information content (AvgIpc) is 2.54. The van der Waals surface area contributed by atoms with Gasteiger partial charge in [-0.2, -0.15) is 0 Å². The largest absolute Gasteiger partial charge is 0.361 e. The van der Waals surface area contributed by atoms with Crippen molar-refractivity contribution >= 4 is 0 Å². The molecule has 1 aromatic heterocycles. The molecule has 0 saturated carbocycles. The van der Waals surface area contributed by atoms with Gasteiger partial charge in [0, 0.05) is 24.3 Å². The first-order valence-electron chi connectivity index (χ1n) is 8.45. The second-order valence-corrected chi connectivity index (χ2v) is 6.98. The summed E-state index contributed by atoms with van der Waals surface area (Å²) in [6.45, 7) is 7.04. The fraction of sp³-hybridized carbons (Fsp3) is 0.474. The molecule has 0 aliphatic heterocycles. The highest BCUT2D eigenvalue weighted by atomic mass is 16.5. The predicted octanol–water partition coefficient (Wildman–Crippen LogP) is 2.73. The van der Waals surface area contributed by atoms with Gasteiger partial charge in [-0.05, 0) is 36.3 Å². The molecule has 1 aliphatic carbocycles. The zero-order valence-electron chi connectivity index (χ0n) is 14.5. The number of aromatic amines is 1. The van der Waals surface area contributed by atoms with Crippen LogP contribution < -0.4 is 11.2 Å². The molecule has 24 heavy (non-hydrogen) atoms. The highest BCUT2D eigenvalue weighted by Gasteiger charge is 2.34. The Hall–Kier alpha value is -2.14. The first kappa shape index (κ1) is 16.7. The number of hydrogen-bond donors (Lipinski definition) is 1. The van der Waals surface area contributed by atoms with Crippen LogP contribution in [0.5, 0.6) is 0 Å². The van der Waals surface area contributed by atoms with Gasteiger partial charge in [0.25, 0.3) is 5.56 Å². The van der Waals surface area contributed by atoms with Crippen LogP contribution in [0.25, 0.3) is 0 Å². The number of aromatic nitrogens is 2. The van der Waals surface area contributed by atoms with Gasteiger partial charge < -0.3 is 4.74 Å². The Kier molecular flexibility index (Phi) is 4.45. The molecular weight excluding hydrogens is 304 g/mol. The lowest BCUT2D eigenvalue weighted by atomic mass is 9.68. The summed E-state index contributed by atoms with van der Waals surface area (Å²) in [5.41, 5.74) is 2.55. The van der Waals surface area contributed by atoms with Crippen LogP contribution in [0.1, 0.15) is 56.4 Å². The van der Waals surface area contributed by atoms with Crippen molar-refractivity contribution in [1.82, 2.24) is 9.55 Å².